The molecule has 1 aromatic rings. The summed E-state index contributed by atoms with van der Waals surface area (Å²) in [4.78, 5) is 0. The van der Waals surface area contributed by atoms with Gasteiger partial charge in [-0.05, 0) is 76.0 Å². The number of ether oxygens (including phenoxy) is 1. The molecule has 0 fully saturated rings. The molecule has 1 aromatic carbocycles. The first kappa shape index (κ1) is 17.9. The van der Waals surface area contributed by atoms with Crippen molar-refractivity contribution in [2.45, 2.75) is 84.7 Å². The van der Waals surface area contributed by atoms with Crippen molar-refractivity contribution in [2.24, 2.45) is 0 Å². The largest absolute Gasteiger partial charge is 0.508 e. The fourth-order valence-corrected chi connectivity index (χ4v) is 3.22. The van der Waals surface area contributed by atoms with Crippen molar-refractivity contribution < 1.29 is 9.84 Å². The van der Waals surface area contributed by atoms with Crippen molar-refractivity contribution in [1.29, 1.82) is 0 Å². The molecule has 23 heavy (non-hydrogen) atoms. The van der Waals surface area contributed by atoms with Gasteiger partial charge >= 0.3 is 0 Å². The average molecular weight is 316 g/mol. The highest BCUT2D eigenvalue weighted by molar-refractivity contribution is 5.52. The van der Waals surface area contributed by atoms with Gasteiger partial charge in [0.05, 0.1) is 0 Å². The van der Waals surface area contributed by atoms with E-state index in [4.69, 9.17) is 4.74 Å². The van der Waals surface area contributed by atoms with Gasteiger partial charge in [0.25, 0.3) is 0 Å². The summed E-state index contributed by atoms with van der Waals surface area (Å²) in [5.41, 5.74) is 3.20. The van der Waals surface area contributed by atoms with E-state index in [2.05, 4.69) is 60.6 Å². The monoisotopic (exact) mass is 316 g/mol. The van der Waals surface area contributed by atoms with Gasteiger partial charge in [-0.3, -0.25) is 0 Å². The Morgan fingerprint density at radius 2 is 1.74 bits per heavy atom. The van der Waals surface area contributed by atoms with Gasteiger partial charge in [0.15, 0.2) is 0 Å². The first-order chi connectivity index (χ1) is 10.5. The summed E-state index contributed by atoms with van der Waals surface area (Å²) in [6.45, 7) is 14.8. The Labute approximate surface area is 141 Å². The summed E-state index contributed by atoms with van der Waals surface area (Å²) >= 11 is 0. The van der Waals surface area contributed by atoms with Gasteiger partial charge in [0.2, 0.25) is 0 Å². The highest BCUT2D eigenvalue weighted by Gasteiger charge is 2.27. The predicted octanol–water partition coefficient (Wildman–Crippen LogP) is 6.08. The zero-order valence-electron chi connectivity index (χ0n) is 15.8. The highest BCUT2D eigenvalue weighted by atomic mass is 16.5. The number of benzene rings is 1. The molecule has 0 bridgehead atoms. The minimum atomic E-state index is -0.281. The van der Waals surface area contributed by atoms with Gasteiger partial charge < -0.3 is 9.84 Å². The second kappa shape index (κ2) is 6.22. The zero-order chi connectivity index (χ0) is 17.4. The van der Waals surface area contributed by atoms with Crippen molar-refractivity contribution >= 4 is 0 Å². The van der Waals surface area contributed by atoms with Crippen molar-refractivity contribution in [3.63, 3.8) is 0 Å². The lowest BCUT2D eigenvalue weighted by Gasteiger charge is -2.30. The molecule has 0 saturated heterocycles. The molecule has 0 unspecified atom stereocenters. The minimum absolute atomic E-state index is 0.0195. The van der Waals surface area contributed by atoms with E-state index >= 15 is 0 Å². The lowest BCUT2D eigenvalue weighted by Crippen LogP contribution is -2.25. The Hall–Kier alpha value is -1.44. The molecule has 0 spiro atoms. The lowest BCUT2D eigenvalue weighted by atomic mass is 9.80. The third kappa shape index (κ3) is 4.53. The number of phenolic OH excluding ortho intramolecular Hbond substituents is 1. The lowest BCUT2D eigenvalue weighted by molar-refractivity contribution is 0.127. The molecular weight excluding hydrogens is 284 g/mol. The van der Waals surface area contributed by atoms with Crippen LogP contribution in [0.5, 0.6) is 11.5 Å². The highest BCUT2D eigenvalue weighted by Crippen LogP contribution is 2.45. The summed E-state index contributed by atoms with van der Waals surface area (Å²) in [5.74, 6) is 1.57. The molecular formula is C21H32O2. The van der Waals surface area contributed by atoms with Gasteiger partial charge in [-0.2, -0.15) is 0 Å². The van der Waals surface area contributed by atoms with Crippen LogP contribution >= 0.6 is 0 Å². The summed E-state index contributed by atoms with van der Waals surface area (Å²) in [6.07, 6.45) is 5.45. The molecule has 2 heteroatoms. The Balaban J connectivity index is 2.53. The molecule has 1 aliphatic rings. The smallest absolute Gasteiger partial charge is 0.127 e. The second-order valence-corrected chi connectivity index (χ2v) is 8.90. The Morgan fingerprint density at radius 1 is 1.09 bits per heavy atom. The van der Waals surface area contributed by atoms with Crippen LogP contribution in [0.2, 0.25) is 0 Å². The fourth-order valence-electron chi connectivity index (χ4n) is 3.22. The van der Waals surface area contributed by atoms with Crippen LogP contribution in [0.15, 0.2) is 23.8 Å². The van der Waals surface area contributed by atoms with E-state index in [-0.39, 0.29) is 11.0 Å². The third-order valence-electron chi connectivity index (χ3n) is 4.39. The number of rotatable bonds is 2. The molecule has 1 aliphatic carbocycles. The number of hydrogen-bond donors (Lipinski definition) is 1. The minimum Gasteiger partial charge on any atom is -0.508 e. The Bertz CT molecular complexity index is 597. The van der Waals surface area contributed by atoms with Gasteiger partial charge in [-0.25, -0.2) is 0 Å². The SMILES string of the molecule is CC1=CCC[C@H](c2c(O)cc(C(C)(C)C)cc2OC(C)(C)C)C1. The predicted molar refractivity (Wildman–Crippen MR) is 97.5 cm³/mol. The van der Waals surface area contributed by atoms with Crippen LogP contribution in [0, 0.1) is 0 Å². The first-order valence-corrected chi connectivity index (χ1v) is 8.69. The van der Waals surface area contributed by atoms with E-state index in [1.807, 2.05) is 6.07 Å². The van der Waals surface area contributed by atoms with Crippen LogP contribution in [0.1, 0.15) is 84.8 Å². The third-order valence-corrected chi connectivity index (χ3v) is 4.39. The summed E-state index contributed by atoms with van der Waals surface area (Å²) < 4.78 is 6.26. The standard InChI is InChI=1S/C21H32O2/c1-14-9-8-10-15(11-14)19-17(22)12-16(20(2,3)4)13-18(19)23-21(5,6)7/h9,12-13,15,22H,8,10-11H2,1-7H3/t15-/m0/s1. The molecule has 0 aliphatic heterocycles. The maximum Gasteiger partial charge on any atom is 0.127 e. The van der Waals surface area contributed by atoms with Crippen LogP contribution in [0.3, 0.4) is 0 Å². The molecule has 1 atom stereocenters. The molecule has 2 nitrogen and oxygen atoms in total. The molecule has 128 valence electrons. The van der Waals surface area contributed by atoms with Crippen LogP contribution in [-0.2, 0) is 5.41 Å². The molecule has 0 heterocycles. The van der Waals surface area contributed by atoms with Gasteiger partial charge in [0, 0.05) is 5.56 Å². The molecule has 0 radical (unpaired) electrons. The maximum atomic E-state index is 10.8. The number of allylic oxidation sites excluding steroid dienone is 2. The number of hydrogen-bond acceptors (Lipinski definition) is 2. The second-order valence-electron chi connectivity index (χ2n) is 8.90. The van der Waals surface area contributed by atoms with Crippen molar-refractivity contribution in [1.82, 2.24) is 0 Å². The van der Waals surface area contributed by atoms with E-state index in [0.717, 1.165) is 36.1 Å². The van der Waals surface area contributed by atoms with Gasteiger partial charge in [0.1, 0.15) is 17.1 Å². The van der Waals surface area contributed by atoms with E-state index in [1.165, 1.54) is 5.57 Å². The van der Waals surface area contributed by atoms with Gasteiger partial charge in [-0.15, -0.1) is 0 Å². The van der Waals surface area contributed by atoms with Crippen molar-refractivity contribution in [2.75, 3.05) is 0 Å². The molecule has 1 N–H and O–H groups in total. The summed E-state index contributed by atoms with van der Waals surface area (Å²) in [5, 5.41) is 10.8. The topological polar surface area (TPSA) is 29.5 Å². The van der Waals surface area contributed by atoms with Crippen molar-refractivity contribution in [3.8, 4) is 11.5 Å². The average Bonchev–Trinajstić information content (AvgIpc) is 2.35. The molecule has 0 saturated carbocycles. The van der Waals surface area contributed by atoms with Crippen LogP contribution < -0.4 is 4.74 Å². The normalized spacial score (nSPS) is 19.4. The maximum absolute atomic E-state index is 10.8. The Morgan fingerprint density at radius 3 is 2.26 bits per heavy atom. The fraction of sp³-hybridized carbons (Fsp3) is 0.619. The summed E-state index contributed by atoms with van der Waals surface area (Å²) in [6, 6.07) is 4.06. The van der Waals surface area contributed by atoms with Gasteiger partial charge in [-0.1, -0.05) is 32.4 Å². The first-order valence-electron chi connectivity index (χ1n) is 8.69. The van der Waals surface area contributed by atoms with E-state index in [1.54, 1.807) is 0 Å². The van der Waals surface area contributed by atoms with Crippen molar-refractivity contribution in [3.05, 3.63) is 34.9 Å². The molecule has 0 aromatic heterocycles. The molecule has 0 amide bonds. The zero-order valence-corrected chi connectivity index (χ0v) is 15.8. The number of aromatic hydroxyl groups is 1. The van der Waals surface area contributed by atoms with E-state index in [0.29, 0.717) is 11.7 Å². The van der Waals surface area contributed by atoms with Crippen LogP contribution in [0.4, 0.5) is 0 Å². The summed E-state index contributed by atoms with van der Waals surface area (Å²) in [7, 11) is 0. The number of phenols is 1. The Kier molecular flexibility index (Phi) is 4.84. The van der Waals surface area contributed by atoms with Crippen LogP contribution in [-0.4, -0.2) is 10.7 Å². The van der Waals surface area contributed by atoms with E-state index in [9.17, 15) is 5.11 Å². The van der Waals surface area contributed by atoms with E-state index < -0.39 is 0 Å². The van der Waals surface area contributed by atoms with Crippen LogP contribution in [0.25, 0.3) is 0 Å². The quantitative estimate of drug-likeness (QED) is 0.670. The molecule has 2 rings (SSSR count).